The van der Waals surface area contributed by atoms with Crippen molar-refractivity contribution in [3.05, 3.63) is 106 Å². The summed E-state index contributed by atoms with van der Waals surface area (Å²) in [5, 5.41) is 0.330. The maximum atomic E-state index is 13.3. The molecule has 27 nitrogen and oxygen atoms in total. The third-order valence-electron chi connectivity index (χ3n) is 16.5. The third kappa shape index (κ3) is 16.2. The average molecular weight is 1400 g/mol. The number of nitrogens with zero attached hydrogens (tertiary/aromatic N) is 3. The van der Waals surface area contributed by atoms with Crippen LogP contribution in [0, 0.1) is 0 Å². The van der Waals surface area contributed by atoms with Gasteiger partial charge in [-0.2, -0.15) is 38.2 Å². The van der Waals surface area contributed by atoms with Gasteiger partial charge in [0.1, 0.15) is 21.6 Å². The molecule has 3 heterocycles. The number of hydroxylamine groups is 2. The highest BCUT2D eigenvalue weighted by Crippen LogP contribution is 2.54. The van der Waals surface area contributed by atoms with Gasteiger partial charge in [0.2, 0.25) is 5.69 Å². The van der Waals surface area contributed by atoms with Gasteiger partial charge in [-0.1, -0.05) is 29.8 Å². The summed E-state index contributed by atoms with van der Waals surface area (Å²) in [6.07, 6.45) is 7.46. The van der Waals surface area contributed by atoms with Crippen molar-refractivity contribution < 1.29 is 112 Å². The summed E-state index contributed by atoms with van der Waals surface area (Å²) < 4.78 is 211. The molecule has 502 valence electrons. The number of carbonyl (C=O) groups excluding carboxylic acids is 3. The quantitative estimate of drug-likeness (QED) is 0.0178. The first-order valence-electron chi connectivity index (χ1n) is 28.9. The van der Waals surface area contributed by atoms with Gasteiger partial charge in [0, 0.05) is 91.6 Å². The summed E-state index contributed by atoms with van der Waals surface area (Å²) in [6, 6.07) is 9.06. The Labute approximate surface area is 537 Å². The Kier molecular flexibility index (Phi) is 22.6. The van der Waals surface area contributed by atoms with E-state index in [0.717, 1.165) is 12.1 Å². The van der Waals surface area contributed by atoms with E-state index in [2.05, 4.69) is 0 Å². The fraction of sp³-hybridized carbons (Fsp3) is 0.458. The highest BCUT2D eigenvalue weighted by Gasteiger charge is 2.50. The second-order valence-corrected chi connectivity index (χ2v) is 30.1. The van der Waals surface area contributed by atoms with Crippen molar-refractivity contribution >= 4 is 119 Å². The molecule has 1 aliphatic carbocycles. The lowest BCUT2D eigenvalue weighted by molar-refractivity contribution is -0.441. The van der Waals surface area contributed by atoms with Crippen LogP contribution < -0.4 is 4.90 Å². The molecule has 0 bridgehead atoms. The Bertz CT molecular complexity index is 4340. The molecule has 4 N–H and O–H groups in total. The molecule has 1 fully saturated rings. The largest absolute Gasteiger partial charge is 0.744 e. The summed E-state index contributed by atoms with van der Waals surface area (Å²) >= 11 is 7.43. The Morgan fingerprint density at radius 3 is 1.82 bits per heavy atom. The molecule has 2 amide bonds. The van der Waals surface area contributed by atoms with Gasteiger partial charge in [-0.25, -0.2) is 13.2 Å². The van der Waals surface area contributed by atoms with E-state index in [1.165, 1.54) is 25.3 Å². The number of imide groups is 1. The van der Waals surface area contributed by atoms with Crippen molar-refractivity contribution in [2.24, 2.45) is 0 Å². The van der Waals surface area contributed by atoms with Crippen LogP contribution in [0.15, 0.2) is 114 Å². The zero-order valence-electron chi connectivity index (χ0n) is 50.5. The maximum absolute atomic E-state index is 13.3. The number of allylic oxidation sites excluding steroid dienone is 8. The normalized spacial score (nSPS) is 20.2. The monoisotopic (exact) mass is 1400 g/mol. The lowest BCUT2D eigenvalue weighted by atomic mass is 9.74. The van der Waals surface area contributed by atoms with E-state index in [9.17, 15) is 79.2 Å². The van der Waals surface area contributed by atoms with Crippen molar-refractivity contribution in [1.82, 2.24) is 5.06 Å². The zero-order valence-corrected chi connectivity index (χ0v) is 55.3. The Morgan fingerprint density at radius 1 is 0.652 bits per heavy atom. The molecule has 0 radical (unpaired) electrons. The van der Waals surface area contributed by atoms with Crippen LogP contribution in [0.2, 0.25) is 0 Å². The van der Waals surface area contributed by atoms with E-state index in [4.69, 9.17) is 40.1 Å². The van der Waals surface area contributed by atoms with Crippen molar-refractivity contribution in [1.29, 1.82) is 0 Å². The summed E-state index contributed by atoms with van der Waals surface area (Å²) in [7, 11) is -22.4. The van der Waals surface area contributed by atoms with E-state index < -0.39 is 105 Å². The Morgan fingerprint density at radius 2 is 1.23 bits per heavy atom. The van der Waals surface area contributed by atoms with Crippen LogP contribution in [0.1, 0.15) is 89.2 Å². The standard InChI is InChI=1S/C59H70ClN3O24S5/c1-58(21-7-33-88(67,68)69)50(62(24-26-82-3)47-16-14-42-44(55(47)58)34-40(89(70,71)72)36-48(42)91(76,77)78)17-11-38-8-5-9-39(57(38)60)12-18-51-59(2,22-25-84-29-30-86-32-31-85-28-27-83-4)56-45-35-41(90(73,74)75)37-49(92(79,80)81)43(45)13-15-46(56)61(51)23-6-10-54(66)87-63-52(64)19-20-53(63)65/h11-18,34-37H,5-10,19-33H2,1-4H3,(H4-,67,68,69,70,71,72,73,74,75,76,77,78,79,80,81). The number of anilines is 1. The average Bonchev–Trinajstić information content (AvgIpc) is 1.53. The summed E-state index contributed by atoms with van der Waals surface area (Å²) in [5.41, 5.74) is 0.771. The predicted molar refractivity (Wildman–Crippen MR) is 332 cm³/mol. The minimum absolute atomic E-state index is 0.00157. The molecule has 92 heavy (non-hydrogen) atoms. The van der Waals surface area contributed by atoms with E-state index in [1.807, 2.05) is 4.58 Å². The first-order chi connectivity index (χ1) is 43.1. The van der Waals surface area contributed by atoms with E-state index in [0.29, 0.717) is 89.2 Å². The highest BCUT2D eigenvalue weighted by atomic mass is 35.5. The Hall–Kier alpha value is -5.92. The van der Waals surface area contributed by atoms with Crippen LogP contribution in [-0.4, -0.2) is 184 Å². The van der Waals surface area contributed by atoms with Gasteiger partial charge in [0.25, 0.3) is 52.3 Å². The highest BCUT2D eigenvalue weighted by molar-refractivity contribution is 7.87. The van der Waals surface area contributed by atoms with Crippen LogP contribution in [0.4, 0.5) is 11.4 Å². The number of amides is 2. The van der Waals surface area contributed by atoms with Crippen LogP contribution in [0.3, 0.4) is 0 Å². The van der Waals surface area contributed by atoms with Crippen molar-refractivity contribution in [2.45, 2.75) is 108 Å². The number of rotatable bonds is 31. The topological polar surface area (TPSA) is 391 Å². The molecule has 1 saturated heterocycles. The molecule has 0 spiro atoms. The number of carbonyl (C=O) groups is 3. The third-order valence-corrected chi connectivity index (χ3v) is 21.2. The molecule has 4 aromatic rings. The van der Waals surface area contributed by atoms with E-state index in [1.54, 1.807) is 56.2 Å². The van der Waals surface area contributed by atoms with Crippen LogP contribution >= 0.6 is 11.6 Å². The first kappa shape index (κ1) is 71.9. The maximum Gasteiger partial charge on any atom is 0.333 e. The molecular weight excluding hydrogens is 1330 g/mol. The lowest BCUT2D eigenvalue weighted by Crippen LogP contribution is -2.33. The molecule has 4 aromatic carbocycles. The number of benzene rings is 4. The molecule has 8 rings (SSSR count). The molecule has 3 aliphatic heterocycles. The fourth-order valence-electron chi connectivity index (χ4n) is 12.2. The Balaban J connectivity index is 1.26. The first-order valence-corrected chi connectivity index (χ1v) is 36.6. The molecule has 33 heteroatoms. The summed E-state index contributed by atoms with van der Waals surface area (Å²) in [4.78, 5) is 41.4. The number of halogens is 1. The molecule has 0 saturated carbocycles. The van der Waals surface area contributed by atoms with E-state index >= 15 is 0 Å². The minimum atomic E-state index is -5.42. The molecule has 2 unspecified atom stereocenters. The van der Waals surface area contributed by atoms with Crippen LogP contribution in [-0.2, 0) is 104 Å². The zero-order chi connectivity index (χ0) is 67.4. The molecular formula is C59H70ClN3O24S5. The summed E-state index contributed by atoms with van der Waals surface area (Å²) in [5.74, 6) is -3.00. The van der Waals surface area contributed by atoms with Crippen molar-refractivity contribution in [3.8, 4) is 0 Å². The van der Waals surface area contributed by atoms with Gasteiger partial charge in [0.05, 0.1) is 65.5 Å². The van der Waals surface area contributed by atoms with Crippen molar-refractivity contribution in [3.63, 3.8) is 0 Å². The van der Waals surface area contributed by atoms with E-state index in [-0.39, 0.29) is 130 Å². The fourth-order valence-corrected chi connectivity index (χ4v) is 15.7. The van der Waals surface area contributed by atoms with Gasteiger partial charge < -0.3 is 38.0 Å². The van der Waals surface area contributed by atoms with Crippen LogP contribution in [0.25, 0.3) is 21.5 Å². The number of methoxy groups -OCH3 is 2. The van der Waals surface area contributed by atoms with Gasteiger partial charge in [-0.3, -0.25) is 27.8 Å². The van der Waals surface area contributed by atoms with Crippen LogP contribution in [0.5, 0.6) is 0 Å². The van der Waals surface area contributed by atoms with Gasteiger partial charge in [-0.05, 0) is 134 Å². The molecule has 2 atom stereocenters. The van der Waals surface area contributed by atoms with Gasteiger partial charge >= 0.3 is 5.97 Å². The minimum Gasteiger partial charge on any atom is -0.744 e. The second kappa shape index (κ2) is 29.0. The van der Waals surface area contributed by atoms with Gasteiger partial charge in [-0.15, -0.1) is 5.06 Å². The number of hydrogen-bond acceptors (Lipinski definition) is 21. The number of ether oxygens (including phenoxy) is 5. The summed E-state index contributed by atoms with van der Waals surface area (Å²) in [6.45, 7) is 5.21. The van der Waals surface area contributed by atoms with Gasteiger partial charge in [0.15, 0.2) is 12.3 Å². The molecule has 0 aromatic heterocycles. The molecule has 4 aliphatic rings. The van der Waals surface area contributed by atoms with Crippen molar-refractivity contribution in [2.75, 3.05) is 90.8 Å². The second-order valence-electron chi connectivity index (χ2n) is 22.6. The lowest BCUT2D eigenvalue weighted by Gasteiger charge is -2.31. The smallest absolute Gasteiger partial charge is 0.333 e. The SMILES string of the molecule is COCCOCCOCCOCCC1(C)/C(=C\C=C2/CCCC(/C=C/C3=[N+](CCOC)c4ccc5c(S(=O)(=O)O)cc(S(=O)(=O)O)cc5c4C3(C)CCCS(=O)(=O)O)=C2Cl)N(CCCC(=O)ON2C(=O)CCC2=O)c2ccc3c(S(=O)(=O)[O-])cc(S(=O)(=O)O)cc3c21. The number of hydrogen-bond donors (Lipinski definition) is 4. The number of fused-ring (bicyclic) bond motifs is 6. The predicted octanol–water partition coefficient (Wildman–Crippen LogP) is 6.60.